The van der Waals surface area contributed by atoms with Gasteiger partial charge in [-0.05, 0) is 79.7 Å². The number of rotatable bonds is 14. The summed E-state index contributed by atoms with van der Waals surface area (Å²) in [6.45, 7) is 16.9. The fourth-order valence-corrected chi connectivity index (χ4v) is 4.30. The van der Waals surface area contributed by atoms with Gasteiger partial charge in [0.2, 0.25) is 5.91 Å². The van der Waals surface area contributed by atoms with Gasteiger partial charge in [0.1, 0.15) is 11.2 Å². The molecule has 236 valence electrons. The molecule has 1 rings (SSSR count). The van der Waals surface area contributed by atoms with Crippen LogP contribution in [0.4, 0.5) is 9.59 Å². The second-order valence-corrected chi connectivity index (χ2v) is 12.4. The van der Waals surface area contributed by atoms with Crippen molar-refractivity contribution in [3.05, 3.63) is 11.6 Å². The van der Waals surface area contributed by atoms with E-state index in [9.17, 15) is 19.2 Å². The Labute approximate surface area is 245 Å². The van der Waals surface area contributed by atoms with E-state index >= 15 is 0 Å². The van der Waals surface area contributed by atoms with Crippen LogP contribution < -0.4 is 16.0 Å². The number of hydrogen-bond acceptors (Lipinski definition) is 8. The lowest BCUT2D eigenvalue weighted by molar-refractivity contribution is -0.139. The third kappa shape index (κ3) is 15.7. The Morgan fingerprint density at radius 3 is 2.02 bits per heavy atom. The van der Waals surface area contributed by atoms with Gasteiger partial charge in [-0.2, -0.15) is 0 Å². The Morgan fingerprint density at radius 1 is 0.878 bits per heavy atom. The highest BCUT2D eigenvalue weighted by Crippen LogP contribution is 2.26. The molecule has 3 amide bonds. The van der Waals surface area contributed by atoms with Crippen molar-refractivity contribution in [2.24, 2.45) is 0 Å². The maximum Gasteiger partial charge on any atom is 0.407 e. The molecule has 0 saturated carbocycles. The van der Waals surface area contributed by atoms with Crippen LogP contribution in [-0.2, 0) is 28.5 Å². The molecule has 2 unspecified atom stereocenters. The van der Waals surface area contributed by atoms with E-state index < -0.39 is 47.5 Å². The first kappa shape index (κ1) is 36.2. The summed E-state index contributed by atoms with van der Waals surface area (Å²) in [5.74, 6) is -0.753. The summed E-state index contributed by atoms with van der Waals surface area (Å²) in [5, 5.41) is 8.45. The lowest BCUT2D eigenvalue weighted by atomic mass is 9.87. The summed E-state index contributed by atoms with van der Waals surface area (Å²) >= 11 is 0. The van der Waals surface area contributed by atoms with Crippen LogP contribution in [0.2, 0.25) is 0 Å². The van der Waals surface area contributed by atoms with Crippen LogP contribution in [0.5, 0.6) is 0 Å². The van der Waals surface area contributed by atoms with E-state index in [2.05, 4.69) is 16.0 Å². The summed E-state index contributed by atoms with van der Waals surface area (Å²) in [5.41, 5.74) is -0.861. The first-order valence-electron chi connectivity index (χ1n) is 14.8. The molecular weight excluding hydrogens is 530 g/mol. The van der Waals surface area contributed by atoms with Crippen LogP contribution in [0, 0.1) is 0 Å². The predicted octanol–water partition coefficient (Wildman–Crippen LogP) is 4.92. The van der Waals surface area contributed by atoms with Gasteiger partial charge < -0.3 is 34.9 Å². The SMILES string of the molecule is CCC(CC)OC1C=C(C(=O)OCCCCCCNC(=O)OC(C)(C)C)C[C@H](NC(=O)OC(C)(C)C)C1NC(C)=O. The molecule has 3 N–H and O–H groups in total. The smallest absolute Gasteiger partial charge is 0.407 e. The molecule has 11 heteroatoms. The molecule has 0 saturated heterocycles. The molecule has 41 heavy (non-hydrogen) atoms. The van der Waals surface area contributed by atoms with Crippen molar-refractivity contribution in [3.63, 3.8) is 0 Å². The van der Waals surface area contributed by atoms with E-state index in [0.717, 1.165) is 32.1 Å². The van der Waals surface area contributed by atoms with Crippen LogP contribution in [0.15, 0.2) is 11.6 Å². The second kappa shape index (κ2) is 17.2. The number of alkyl carbamates (subject to hydrolysis) is 2. The average molecular weight is 584 g/mol. The lowest BCUT2D eigenvalue weighted by Crippen LogP contribution is -2.60. The van der Waals surface area contributed by atoms with Crippen molar-refractivity contribution in [3.8, 4) is 0 Å². The zero-order valence-electron chi connectivity index (χ0n) is 26.5. The van der Waals surface area contributed by atoms with Gasteiger partial charge in [0.05, 0.1) is 30.9 Å². The molecule has 0 aromatic rings. The normalized spacial score (nSPS) is 19.2. The van der Waals surface area contributed by atoms with Crippen LogP contribution in [0.1, 0.15) is 107 Å². The second-order valence-electron chi connectivity index (χ2n) is 12.4. The standard InChI is InChI=1S/C30H53N3O8/c1-10-22(11-2)39-24-19-21(18-23(25(24)32-20(3)34)33-28(37)41-30(7,8)9)26(35)38-17-15-13-12-14-16-31-27(36)40-29(4,5)6/h19,22-25H,10-18H2,1-9H3,(H,31,36)(H,32,34)(H,33,37)/t23-,24?,25?/m0/s1. The van der Waals surface area contributed by atoms with Gasteiger partial charge in [-0.15, -0.1) is 0 Å². The van der Waals surface area contributed by atoms with E-state index in [1.807, 2.05) is 34.6 Å². The summed E-state index contributed by atoms with van der Waals surface area (Å²) in [6, 6.07) is -1.23. The highest BCUT2D eigenvalue weighted by molar-refractivity contribution is 5.89. The van der Waals surface area contributed by atoms with Crippen molar-refractivity contribution in [2.45, 2.75) is 143 Å². The molecule has 3 atom stereocenters. The van der Waals surface area contributed by atoms with E-state index in [4.69, 9.17) is 18.9 Å². The Morgan fingerprint density at radius 2 is 1.46 bits per heavy atom. The number of ether oxygens (including phenoxy) is 4. The number of esters is 1. The highest BCUT2D eigenvalue weighted by atomic mass is 16.6. The summed E-state index contributed by atoms with van der Waals surface area (Å²) in [6.07, 6.45) is 4.72. The molecule has 0 radical (unpaired) electrons. The molecule has 1 aliphatic rings. The summed E-state index contributed by atoms with van der Waals surface area (Å²) in [7, 11) is 0. The Kier molecular flexibility index (Phi) is 15.2. The zero-order chi connectivity index (χ0) is 31.2. The number of amides is 3. The monoisotopic (exact) mass is 583 g/mol. The maximum atomic E-state index is 13.0. The van der Waals surface area contributed by atoms with E-state index in [-0.39, 0.29) is 25.0 Å². The molecule has 0 heterocycles. The minimum absolute atomic E-state index is 0.0881. The maximum absolute atomic E-state index is 13.0. The molecule has 11 nitrogen and oxygen atoms in total. The average Bonchev–Trinajstić information content (AvgIpc) is 2.82. The Bertz CT molecular complexity index is 887. The van der Waals surface area contributed by atoms with Crippen molar-refractivity contribution in [1.29, 1.82) is 0 Å². The lowest BCUT2D eigenvalue weighted by Gasteiger charge is -2.38. The summed E-state index contributed by atoms with van der Waals surface area (Å²) in [4.78, 5) is 49.4. The predicted molar refractivity (Wildman–Crippen MR) is 156 cm³/mol. The molecule has 1 aliphatic carbocycles. The van der Waals surface area contributed by atoms with Gasteiger partial charge in [0, 0.05) is 25.5 Å². The summed E-state index contributed by atoms with van der Waals surface area (Å²) < 4.78 is 22.5. The quantitative estimate of drug-likeness (QED) is 0.149. The minimum Gasteiger partial charge on any atom is -0.462 e. The fourth-order valence-electron chi connectivity index (χ4n) is 4.30. The fraction of sp³-hybridized carbons (Fsp3) is 0.800. The van der Waals surface area contributed by atoms with Gasteiger partial charge in [0.15, 0.2) is 0 Å². The topological polar surface area (TPSA) is 141 Å². The van der Waals surface area contributed by atoms with Crippen LogP contribution in [-0.4, -0.2) is 72.7 Å². The first-order valence-corrected chi connectivity index (χ1v) is 14.8. The van der Waals surface area contributed by atoms with Crippen LogP contribution in [0.3, 0.4) is 0 Å². The molecule has 0 aromatic heterocycles. The van der Waals surface area contributed by atoms with E-state index in [0.29, 0.717) is 18.5 Å². The molecular formula is C30H53N3O8. The van der Waals surface area contributed by atoms with Gasteiger partial charge in [-0.3, -0.25) is 4.79 Å². The van der Waals surface area contributed by atoms with Crippen LogP contribution >= 0.6 is 0 Å². The van der Waals surface area contributed by atoms with Crippen molar-refractivity contribution < 1.29 is 38.1 Å². The Hall–Kier alpha value is -2.82. The molecule has 0 spiro atoms. The zero-order valence-corrected chi connectivity index (χ0v) is 26.5. The highest BCUT2D eigenvalue weighted by Gasteiger charge is 2.39. The van der Waals surface area contributed by atoms with Gasteiger partial charge in [0.25, 0.3) is 0 Å². The van der Waals surface area contributed by atoms with Gasteiger partial charge in [-0.1, -0.05) is 20.3 Å². The van der Waals surface area contributed by atoms with Gasteiger partial charge >= 0.3 is 18.2 Å². The number of unbranched alkanes of at least 4 members (excludes halogenated alkanes) is 3. The third-order valence-electron chi connectivity index (χ3n) is 6.16. The van der Waals surface area contributed by atoms with Gasteiger partial charge in [-0.25, -0.2) is 14.4 Å². The number of hydrogen-bond donors (Lipinski definition) is 3. The molecule has 0 bridgehead atoms. The van der Waals surface area contributed by atoms with Crippen molar-refractivity contribution in [1.82, 2.24) is 16.0 Å². The molecule has 0 aliphatic heterocycles. The Balaban J connectivity index is 2.78. The van der Waals surface area contributed by atoms with Crippen LogP contribution in [0.25, 0.3) is 0 Å². The van der Waals surface area contributed by atoms with E-state index in [1.54, 1.807) is 26.8 Å². The van der Waals surface area contributed by atoms with Crippen molar-refractivity contribution in [2.75, 3.05) is 13.2 Å². The number of carbonyl (C=O) groups is 4. The number of carbonyl (C=O) groups excluding carboxylic acids is 4. The molecule has 0 fully saturated rings. The first-order chi connectivity index (χ1) is 19.0. The third-order valence-corrected chi connectivity index (χ3v) is 6.16. The molecule has 0 aromatic carbocycles. The number of nitrogens with one attached hydrogen (secondary N) is 3. The minimum atomic E-state index is -0.711. The largest absolute Gasteiger partial charge is 0.462 e. The van der Waals surface area contributed by atoms with Crippen molar-refractivity contribution >= 4 is 24.1 Å². The van der Waals surface area contributed by atoms with E-state index in [1.165, 1.54) is 6.92 Å².